The van der Waals surface area contributed by atoms with Gasteiger partial charge in [0, 0.05) is 5.56 Å². The largest absolute Gasteiger partial charge is 0.463 e. The van der Waals surface area contributed by atoms with Crippen LogP contribution in [0, 0.1) is 0 Å². The van der Waals surface area contributed by atoms with Crippen molar-refractivity contribution in [2.75, 3.05) is 12.1 Å². The van der Waals surface area contributed by atoms with Gasteiger partial charge in [-0.25, -0.2) is 4.79 Å². The molecule has 0 radical (unpaired) electrons. The summed E-state index contributed by atoms with van der Waals surface area (Å²) in [6.07, 6.45) is -0.668. The van der Waals surface area contributed by atoms with Crippen LogP contribution in [0.2, 0.25) is 0 Å². The van der Waals surface area contributed by atoms with E-state index in [0.717, 1.165) is 15.7 Å². The van der Waals surface area contributed by atoms with Crippen molar-refractivity contribution in [1.29, 1.82) is 0 Å². The first-order valence-electron chi connectivity index (χ1n) is 7.14. The molecular formula is C17H18N2O4. The summed E-state index contributed by atoms with van der Waals surface area (Å²) in [5, 5.41) is 11.0. The molecular weight excluding hydrogens is 296 g/mol. The van der Waals surface area contributed by atoms with Crippen LogP contribution in [-0.2, 0) is 11.3 Å². The molecule has 120 valence electrons. The SMILES string of the molecule is CCc1ccccc1C(=O)N(OC)N(C(=O)O)c1ccccc1. The summed E-state index contributed by atoms with van der Waals surface area (Å²) in [4.78, 5) is 29.5. The maximum atomic E-state index is 12.8. The van der Waals surface area contributed by atoms with E-state index in [9.17, 15) is 14.7 Å². The number of aryl methyl sites for hydroxylation is 1. The second-order valence-corrected chi connectivity index (χ2v) is 4.70. The number of amides is 2. The van der Waals surface area contributed by atoms with E-state index in [-0.39, 0.29) is 0 Å². The van der Waals surface area contributed by atoms with Gasteiger partial charge in [-0.1, -0.05) is 43.3 Å². The van der Waals surface area contributed by atoms with E-state index in [4.69, 9.17) is 4.84 Å². The van der Waals surface area contributed by atoms with Gasteiger partial charge in [0.05, 0.1) is 12.8 Å². The number of hydrazine groups is 1. The Balaban J connectivity index is 2.44. The predicted molar refractivity (Wildman–Crippen MR) is 85.9 cm³/mol. The van der Waals surface area contributed by atoms with Gasteiger partial charge in [-0.15, -0.1) is 5.17 Å². The highest BCUT2D eigenvalue weighted by atomic mass is 16.7. The quantitative estimate of drug-likeness (QED) is 0.879. The average molecular weight is 314 g/mol. The van der Waals surface area contributed by atoms with Crippen molar-refractivity contribution < 1.29 is 19.5 Å². The van der Waals surface area contributed by atoms with Crippen molar-refractivity contribution in [1.82, 2.24) is 5.17 Å². The molecule has 0 aromatic heterocycles. The highest BCUT2D eigenvalue weighted by Crippen LogP contribution is 2.20. The third kappa shape index (κ3) is 3.49. The molecule has 0 heterocycles. The van der Waals surface area contributed by atoms with Gasteiger partial charge in [0.1, 0.15) is 0 Å². The third-order valence-electron chi connectivity index (χ3n) is 3.34. The van der Waals surface area contributed by atoms with Crippen LogP contribution >= 0.6 is 0 Å². The van der Waals surface area contributed by atoms with Gasteiger partial charge in [-0.2, -0.15) is 5.01 Å². The lowest BCUT2D eigenvalue weighted by molar-refractivity contribution is -0.0992. The second kappa shape index (κ2) is 7.42. The number of nitrogens with zero attached hydrogens (tertiary/aromatic N) is 2. The lowest BCUT2D eigenvalue weighted by Gasteiger charge is -2.30. The highest BCUT2D eigenvalue weighted by molar-refractivity contribution is 5.99. The van der Waals surface area contributed by atoms with Crippen molar-refractivity contribution >= 4 is 17.7 Å². The number of rotatable bonds is 4. The lowest BCUT2D eigenvalue weighted by atomic mass is 10.1. The number of anilines is 1. The predicted octanol–water partition coefficient (Wildman–Crippen LogP) is 3.35. The Bertz CT molecular complexity index is 688. The second-order valence-electron chi connectivity index (χ2n) is 4.70. The van der Waals surface area contributed by atoms with Gasteiger partial charge in [0.15, 0.2) is 0 Å². The number of hydrogen-bond acceptors (Lipinski definition) is 3. The molecule has 0 aliphatic heterocycles. The Morgan fingerprint density at radius 2 is 1.65 bits per heavy atom. The Labute approximate surface area is 134 Å². The number of carbonyl (C=O) groups excluding carboxylic acids is 1. The average Bonchev–Trinajstić information content (AvgIpc) is 2.59. The molecule has 2 amide bonds. The first-order valence-corrected chi connectivity index (χ1v) is 7.14. The fourth-order valence-electron chi connectivity index (χ4n) is 2.26. The number of para-hydroxylation sites is 1. The molecule has 0 aliphatic rings. The Hall–Kier alpha value is -2.86. The summed E-state index contributed by atoms with van der Waals surface area (Å²) < 4.78 is 0. The lowest BCUT2D eigenvalue weighted by Crippen LogP contribution is -2.49. The van der Waals surface area contributed by atoms with Crippen LogP contribution in [0.25, 0.3) is 0 Å². The zero-order chi connectivity index (χ0) is 16.8. The molecule has 2 aromatic carbocycles. The highest BCUT2D eigenvalue weighted by Gasteiger charge is 2.29. The number of carboxylic acid groups (broad SMARTS) is 1. The molecule has 0 unspecified atom stereocenters. The van der Waals surface area contributed by atoms with E-state index < -0.39 is 12.0 Å². The first-order chi connectivity index (χ1) is 11.1. The molecule has 0 fully saturated rings. The topological polar surface area (TPSA) is 70.1 Å². The van der Waals surface area contributed by atoms with Gasteiger partial charge in [0.25, 0.3) is 5.91 Å². The number of hydroxylamine groups is 1. The summed E-state index contributed by atoms with van der Waals surface area (Å²) in [6, 6.07) is 15.3. The van der Waals surface area contributed by atoms with E-state index in [1.165, 1.54) is 7.11 Å². The minimum absolute atomic E-state index is 0.309. The van der Waals surface area contributed by atoms with Crippen LogP contribution in [0.3, 0.4) is 0 Å². The van der Waals surface area contributed by atoms with Gasteiger partial charge in [-0.05, 0) is 30.2 Å². The molecule has 6 nitrogen and oxygen atoms in total. The van der Waals surface area contributed by atoms with Gasteiger partial charge >= 0.3 is 6.09 Å². The molecule has 0 aliphatic carbocycles. The molecule has 0 bridgehead atoms. The number of benzene rings is 2. The fourth-order valence-corrected chi connectivity index (χ4v) is 2.26. The fraction of sp³-hybridized carbons (Fsp3) is 0.176. The monoisotopic (exact) mass is 314 g/mol. The van der Waals surface area contributed by atoms with E-state index in [1.807, 2.05) is 19.1 Å². The maximum absolute atomic E-state index is 12.8. The zero-order valence-corrected chi connectivity index (χ0v) is 13.0. The van der Waals surface area contributed by atoms with E-state index in [1.54, 1.807) is 42.5 Å². The van der Waals surface area contributed by atoms with Crippen LogP contribution < -0.4 is 5.01 Å². The molecule has 0 spiro atoms. The minimum atomic E-state index is -1.32. The zero-order valence-electron chi connectivity index (χ0n) is 13.0. The van der Waals surface area contributed by atoms with E-state index in [0.29, 0.717) is 17.7 Å². The molecule has 0 atom stereocenters. The standard InChI is InChI=1S/C17H18N2O4/c1-3-13-9-7-8-12-15(13)16(20)19(23-2)18(17(21)22)14-10-5-4-6-11-14/h4-12H,3H2,1-2H3,(H,21,22). The summed E-state index contributed by atoms with van der Waals surface area (Å²) in [5.74, 6) is -0.545. The molecule has 2 rings (SSSR count). The summed E-state index contributed by atoms with van der Waals surface area (Å²) in [7, 11) is 1.26. The third-order valence-corrected chi connectivity index (χ3v) is 3.34. The molecule has 0 saturated carbocycles. The van der Waals surface area contributed by atoms with Gasteiger partial charge in [0.2, 0.25) is 0 Å². The molecule has 23 heavy (non-hydrogen) atoms. The molecule has 0 saturated heterocycles. The molecule has 2 aromatic rings. The first kappa shape index (κ1) is 16.5. The van der Waals surface area contributed by atoms with E-state index >= 15 is 0 Å². The van der Waals surface area contributed by atoms with Crippen LogP contribution in [0.5, 0.6) is 0 Å². The van der Waals surface area contributed by atoms with Gasteiger partial charge in [-0.3, -0.25) is 9.63 Å². The van der Waals surface area contributed by atoms with Crippen LogP contribution in [0.4, 0.5) is 10.5 Å². The summed E-state index contributed by atoms with van der Waals surface area (Å²) in [5.41, 5.74) is 1.53. The van der Waals surface area contributed by atoms with Crippen LogP contribution in [0.1, 0.15) is 22.8 Å². The van der Waals surface area contributed by atoms with Gasteiger partial charge < -0.3 is 5.11 Å². The number of hydrogen-bond donors (Lipinski definition) is 1. The minimum Gasteiger partial charge on any atom is -0.463 e. The van der Waals surface area contributed by atoms with Crippen molar-refractivity contribution in [2.24, 2.45) is 0 Å². The van der Waals surface area contributed by atoms with Crippen LogP contribution in [0.15, 0.2) is 54.6 Å². The van der Waals surface area contributed by atoms with Crippen LogP contribution in [-0.4, -0.2) is 29.4 Å². The number of carbonyl (C=O) groups is 2. The molecule has 6 heteroatoms. The summed E-state index contributed by atoms with van der Waals surface area (Å²) in [6.45, 7) is 1.93. The summed E-state index contributed by atoms with van der Waals surface area (Å²) >= 11 is 0. The van der Waals surface area contributed by atoms with Crippen molar-refractivity contribution in [3.05, 3.63) is 65.7 Å². The Morgan fingerprint density at radius 1 is 1.04 bits per heavy atom. The Kier molecular flexibility index (Phi) is 5.32. The molecule has 1 N–H and O–H groups in total. The maximum Gasteiger partial charge on any atom is 0.433 e. The van der Waals surface area contributed by atoms with E-state index in [2.05, 4.69) is 0 Å². The van der Waals surface area contributed by atoms with Crippen molar-refractivity contribution in [3.63, 3.8) is 0 Å². The normalized spacial score (nSPS) is 10.2. The Morgan fingerprint density at radius 3 is 2.22 bits per heavy atom. The van der Waals surface area contributed by atoms with Crippen molar-refractivity contribution in [3.8, 4) is 0 Å². The van der Waals surface area contributed by atoms with Crippen molar-refractivity contribution in [2.45, 2.75) is 13.3 Å². The smallest absolute Gasteiger partial charge is 0.433 e.